The summed E-state index contributed by atoms with van der Waals surface area (Å²) in [5, 5.41) is 2.70. The van der Waals surface area contributed by atoms with Crippen molar-refractivity contribution >= 4 is 12.1 Å². The maximum atomic E-state index is 13.0. The molecule has 1 N–H and O–H groups in total. The second kappa shape index (κ2) is 11.4. The molecule has 4 atom stereocenters. The lowest BCUT2D eigenvalue weighted by molar-refractivity contribution is -0.154. The van der Waals surface area contributed by atoms with Gasteiger partial charge in [0, 0.05) is 5.92 Å². The molecule has 0 aliphatic carbocycles. The molecule has 1 aliphatic heterocycles. The SMILES string of the molecule is Cc1ccc(OC2CCCC(NC(=O)OC(C)(C)C)C(=O)OC(C)C2Cc2ccccc2)cc1. The van der Waals surface area contributed by atoms with Gasteiger partial charge in [-0.05, 0) is 78.0 Å². The average molecular weight is 468 g/mol. The zero-order chi connectivity index (χ0) is 24.7. The van der Waals surface area contributed by atoms with Gasteiger partial charge in [0.1, 0.15) is 29.6 Å². The van der Waals surface area contributed by atoms with Crippen molar-refractivity contribution in [3.05, 3.63) is 65.7 Å². The minimum Gasteiger partial charge on any atom is -0.490 e. The zero-order valence-electron chi connectivity index (χ0n) is 20.9. The van der Waals surface area contributed by atoms with Gasteiger partial charge in [-0.1, -0.05) is 48.0 Å². The Morgan fingerprint density at radius 3 is 2.38 bits per heavy atom. The lowest BCUT2D eigenvalue weighted by Crippen LogP contribution is -2.45. The Morgan fingerprint density at radius 2 is 1.74 bits per heavy atom. The van der Waals surface area contributed by atoms with Crippen molar-refractivity contribution < 1.29 is 23.8 Å². The molecule has 4 unspecified atom stereocenters. The number of hydrogen-bond acceptors (Lipinski definition) is 5. The zero-order valence-corrected chi connectivity index (χ0v) is 20.9. The second-order valence-corrected chi connectivity index (χ2v) is 10.1. The first kappa shape index (κ1) is 25.6. The molecule has 1 aliphatic rings. The van der Waals surface area contributed by atoms with Crippen LogP contribution < -0.4 is 10.1 Å². The van der Waals surface area contributed by atoms with Crippen LogP contribution in [0.4, 0.5) is 4.79 Å². The standard InChI is InChI=1S/C28H37NO5/c1-19-14-16-22(17-15-19)33-25-13-9-12-24(29-27(31)34-28(3,4)5)26(30)32-20(2)23(25)18-21-10-7-6-8-11-21/h6-8,10-11,14-17,20,23-25H,9,12-13,18H2,1-5H3,(H,29,31). The van der Waals surface area contributed by atoms with Gasteiger partial charge in [-0.25, -0.2) is 9.59 Å². The van der Waals surface area contributed by atoms with Crippen molar-refractivity contribution in [2.45, 2.75) is 84.2 Å². The van der Waals surface area contributed by atoms with E-state index in [2.05, 4.69) is 17.4 Å². The molecule has 0 aromatic heterocycles. The molecule has 0 saturated carbocycles. The number of alkyl carbamates (subject to hydrolysis) is 1. The van der Waals surface area contributed by atoms with Gasteiger partial charge in [0.2, 0.25) is 0 Å². The van der Waals surface area contributed by atoms with Crippen LogP contribution in [0.25, 0.3) is 0 Å². The number of hydrogen-bond donors (Lipinski definition) is 1. The number of carbonyl (C=O) groups excluding carboxylic acids is 2. The molecule has 2 aromatic carbocycles. The van der Waals surface area contributed by atoms with E-state index in [-0.39, 0.29) is 12.0 Å². The number of carbonyl (C=O) groups is 2. The second-order valence-electron chi connectivity index (χ2n) is 10.1. The van der Waals surface area contributed by atoms with Crippen LogP contribution in [0.3, 0.4) is 0 Å². The number of ether oxygens (including phenoxy) is 3. The predicted octanol–water partition coefficient (Wildman–Crippen LogP) is 5.61. The summed E-state index contributed by atoms with van der Waals surface area (Å²) >= 11 is 0. The molecule has 1 fully saturated rings. The van der Waals surface area contributed by atoms with Gasteiger partial charge in [0.05, 0.1) is 0 Å². The summed E-state index contributed by atoms with van der Waals surface area (Å²) in [6.07, 6.45) is 1.44. The van der Waals surface area contributed by atoms with E-state index < -0.39 is 29.8 Å². The van der Waals surface area contributed by atoms with Gasteiger partial charge in [-0.3, -0.25) is 0 Å². The maximum absolute atomic E-state index is 13.0. The molecule has 0 radical (unpaired) electrons. The smallest absolute Gasteiger partial charge is 0.408 e. The monoisotopic (exact) mass is 467 g/mol. The lowest BCUT2D eigenvalue weighted by Gasteiger charge is -2.31. The van der Waals surface area contributed by atoms with E-state index in [1.807, 2.05) is 56.3 Å². The van der Waals surface area contributed by atoms with Crippen LogP contribution in [0.1, 0.15) is 58.1 Å². The molecule has 3 rings (SSSR count). The van der Waals surface area contributed by atoms with E-state index in [1.54, 1.807) is 20.8 Å². The maximum Gasteiger partial charge on any atom is 0.408 e. The van der Waals surface area contributed by atoms with Gasteiger partial charge in [0.25, 0.3) is 0 Å². The number of amides is 1. The molecule has 0 bridgehead atoms. The third kappa shape index (κ3) is 7.79. The van der Waals surface area contributed by atoms with Crippen LogP contribution in [0.5, 0.6) is 5.75 Å². The van der Waals surface area contributed by atoms with E-state index in [1.165, 1.54) is 5.56 Å². The summed E-state index contributed by atoms with van der Waals surface area (Å²) in [5.74, 6) is 0.315. The van der Waals surface area contributed by atoms with Gasteiger partial charge in [-0.2, -0.15) is 0 Å². The molecular formula is C28H37NO5. The van der Waals surface area contributed by atoms with Crippen molar-refractivity contribution in [3.8, 4) is 5.75 Å². The number of benzene rings is 2. The van der Waals surface area contributed by atoms with Crippen LogP contribution in [0.2, 0.25) is 0 Å². The van der Waals surface area contributed by atoms with Gasteiger partial charge in [-0.15, -0.1) is 0 Å². The topological polar surface area (TPSA) is 73.9 Å². The Balaban J connectivity index is 1.80. The molecule has 0 spiro atoms. The van der Waals surface area contributed by atoms with E-state index in [0.717, 1.165) is 24.2 Å². The molecule has 184 valence electrons. The molecule has 2 aromatic rings. The Morgan fingerprint density at radius 1 is 1.06 bits per heavy atom. The molecule has 1 saturated heterocycles. The first-order valence-corrected chi connectivity index (χ1v) is 12.1. The van der Waals surface area contributed by atoms with Crippen LogP contribution in [-0.4, -0.2) is 35.9 Å². The average Bonchev–Trinajstić information content (AvgIpc) is 2.80. The van der Waals surface area contributed by atoms with Crippen molar-refractivity contribution in [1.82, 2.24) is 5.32 Å². The van der Waals surface area contributed by atoms with Gasteiger partial charge >= 0.3 is 12.1 Å². The molecular weight excluding hydrogens is 430 g/mol. The summed E-state index contributed by atoms with van der Waals surface area (Å²) in [5.41, 5.74) is 1.68. The van der Waals surface area contributed by atoms with Crippen LogP contribution in [0, 0.1) is 12.8 Å². The fourth-order valence-electron chi connectivity index (χ4n) is 4.21. The highest BCUT2D eigenvalue weighted by Gasteiger charge is 2.36. The number of cyclic esters (lactones) is 1. The summed E-state index contributed by atoms with van der Waals surface area (Å²) in [6.45, 7) is 9.32. The molecule has 6 heteroatoms. The first-order valence-electron chi connectivity index (χ1n) is 12.1. The first-order chi connectivity index (χ1) is 16.1. The Bertz CT molecular complexity index is 936. The summed E-state index contributed by atoms with van der Waals surface area (Å²) in [6, 6.07) is 17.4. The van der Waals surface area contributed by atoms with Gasteiger partial charge in [0.15, 0.2) is 0 Å². The van der Waals surface area contributed by atoms with Crippen molar-refractivity contribution in [2.24, 2.45) is 5.92 Å². The minimum absolute atomic E-state index is 0.0482. The predicted molar refractivity (Wildman–Crippen MR) is 132 cm³/mol. The molecule has 1 heterocycles. The highest BCUT2D eigenvalue weighted by atomic mass is 16.6. The normalized spacial score (nSPS) is 23.6. The quantitative estimate of drug-likeness (QED) is 0.579. The fourth-order valence-corrected chi connectivity index (χ4v) is 4.21. The van der Waals surface area contributed by atoms with Crippen molar-refractivity contribution in [3.63, 3.8) is 0 Å². The summed E-state index contributed by atoms with van der Waals surface area (Å²) in [4.78, 5) is 25.3. The Kier molecular flexibility index (Phi) is 8.59. The van der Waals surface area contributed by atoms with E-state index in [4.69, 9.17) is 14.2 Å². The number of rotatable bonds is 5. The van der Waals surface area contributed by atoms with Crippen LogP contribution in [0.15, 0.2) is 54.6 Å². The van der Waals surface area contributed by atoms with Gasteiger partial charge < -0.3 is 19.5 Å². The molecule has 1 amide bonds. The fraction of sp³-hybridized carbons (Fsp3) is 0.500. The third-order valence-electron chi connectivity index (χ3n) is 5.96. The van der Waals surface area contributed by atoms with Crippen LogP contribution in [-0.2, 0) is 20.7 Å². The van der Waals surface area contributed by atoms with E-state index in [9.17, 15) is 9.59 Å². The Labute approximate surface area is 203 Å². The highest BCUT2D eigenvalue weighted by molar-refractivity contribution is 5.81. The van der Waals surface area contributed by atoms with Crippen LogP contribution >= 0.6 is 0 Å². The summed E-state index contributed by atoms with van der Waals surface area (Å²) in [7, 11) is 0. The van der Waals surface area contributed by atoms with E-state index in [0.29, 0.717) is 12.8 Å². The largest absolute Gasteiger partial charge is 0.490 e. The Hall–Kier alpha value is -3.02. The minimum atomic E-state index is -0.757. The molecule has 6 nitrogen and oxygen atoms in total. The summed E-state index contributed by atoms with van der Waals surface area (Å²) < 4.78 is 17.7. The lowest BCUT2D eigenvalue weighted by atomic mass is 9.87. The van der Waals surface area contributed by atoms with E-state index >= 15 is 0 Å². The third-order valence-corrected chi connectivity index (χ3v) is 5.96. The highest BCUT2D eigenvalue weighted by Crippen LogP contribution is 2.29. The number of aryl methyl sites for hydroxylation is 1. The number of esters is 1. The van der Waals surface area contributed by atoms with Crippen molar-refractivity contribution in [1.29, 1.82) is 0 Å². The van der Waals surface area contributed by atoms with Crippen molar-refractivity contribution in [2.75, 3.05) is 0 Å². The number of nitrogens with one attached hydrogen (secondary N) is 1. The molecule has 34 heavy (non-hydrogen) atoms.